The van der Waals surface area contributed by atoms with Crippen LogP contribution in [0.2, 0.25) is 0 Å². The summed E-state index contributed by atoms with van der Waals surface area (Å²) in [6, 6.07) is 15.6. The number of sulfone groups is 1. The number of benzene rings is 2. The molecular formula is C31H35Cl2N3O10S4. The number of ketones is 1. The van der Waals surface area contributed by atoms with Crippen LogP contribution in [0.25, 0.3) is 0 Å². The fourth-order valence-electron chi connectivity index (χ4n) is 3.77. The number of pyridine rings is 2. The zero-order chi connectivity index (χ0) is 37.3. The first-order chi connectivity index (χ1) is 23.0. The van der Waals surface area contributed by atoms with Crippen LogP contribution in [-0.4, -0.2) is 74.7 Å². The molecule has 4 aromatic rings. The zero-order valence-corrected chi connectivity index (χ0v) is 31.9. The summed E-state index contributed by atoms with van der Waals surface area (Å²) in [4.78, 5) is 32.1. The SMILES string of the molecule is CCS(=O)(=O)c1cccnc1C(=O)Cl.CCc1cccnc1C(=O)Cc1cc(S(C)=O)ccc1O.CS(=O)c1ccc(O)c(N)c1.Cl.O=S=O. The molecule has 50 heavy (non-hydrogen) atoms. The van der Waals surface area contributed by atoms with Gasteiger partial charge in [-0.1, -0.05) is 19.9 Å². The Morgan fingerprint density at radius 3 is 1.82 bits per heavy atom. The molecule has 13 nitrogen and oxygen atoms in total. The fourth-order valence-corrected chi connectivity index (χ4v) is 6.13. The molecule has 0 aliphatic rings. The Labute approximate surface area is 309 Å². The van der Waals surface area contributed by atoms with Gasteiger partial charge < -0.3 is 15.9 Å². The van der Waals surface area contributed by atoms with Gasteiger partial charge in [0.2, 0.25) is 0 Å². The molecule has 0 saturated heterocycles. The van der Waals surface area contributed by atoms with Gasteiger partial charge in [-0.15, -0.1) is 12.4 Å². The molecule has 2 unspecified atom stereocenters. The van der Waals surface area contributed by atoms with Crippen molar-refractivity contribution in [3.63, 3.8) is 0 Å². The lowest BCUT2D eigenvalue weighted by Gasteiger charge is -2.08. The maximum absolute atomic E-state index is 12.4. The van der Waals surface area contributed by atoms with Crippen LogP contribution in [0.15, 0.2) is 87.7 Å². The largest absolute Gasteiger partial charge is 0.508 e. The summed E-state index contributed by atoms with van der Waals surface area (Å²) in [7, 11) is -5.63. The third-order valence-electron chi connectivity index (χ3n) is 6.27. The van der Waals surface area contributed by atoms with Crippen molar-refractivity contribution in [3.8, 4) is 11.5 Å². The summed E-state index contributed by atoms with van der Waals surface area (Å²) >= 11 is 4.46. The van der Waals surface area contributed by atoms with E-state index in [2.05, 4.69) is 9.97 Å². The molecule has 4 N–H and O–H groups in total. The standard InChI is InChI=1S/C16H17NO3S.C8H8ClNO3S.C7H9NO2S.ClH.O2S/c1-3-11-5-4-8-17-16(11)15(19)10-12-9-13(21(2)20)6-7-14(12)18;1-2-14(12,13)6-4-3-5-10-7(6)8(9)11;1-11(10)5-2-3-7(9)6(8)4-5;;1-3-2/h4-9,18H,3,10H2,1-2H3;3-5H,2H2,1H3;2-4,9H,8H2,1H3;1H;. The van der Waals surface area contributed by atoms with E-state index in [0.717, 1.165) is 12.0 Å². The molecule has 0 aliphatic carbocycles. The Balaban J connectivity index is 0.000000721. The van der Waals surface area contributed by atoms with Crippen molar-refractivity contribution in [2.75, 3.05) is 24.0 Å². The third kappa shape index (κ3) is 14.5. The third-order valence-corrected chi connectivity index (χ3v) is 10.0. The number of aromatic nitrogens is 2. The second-order valence-corrected chi connectivity index (χ2v) is 15.0. The van der Waals surface area contributed by atoms with Crippen LogP contribution in [-0.2, 0) is 55.8 Å². The van der Waals surface area contributed by atoms with Gasteiger partial charge in [-0.3, -0.25) is 28.0 Å². The number of nitrogens with two attached hydrogens (primary N) is 1. The molecule has 272 valence electrons. The average molecular weight is 809 g/mol. The van der Waals surface area contributed by atoms with Crippen molar-refractivity contribution in [3.05, 3.63) is 95.6 Å². The van der Waals surface area contributed by atoms with Gasteiger partial charge in [-0.2, -0.15) is 8.42 Å². The first-order valence-corrected chi connectivity index (χ1v) is 19.7. The number of phenolic OH excluding ortho intramolecular Hbond substituents is 2. The summed E-state index contributed by atoms with van der Waals surface area (Å²) in [6.07, 6.45) is 6.80. The normalized spacial score (nSPS) is 11.3. The molecule has 2 atom stereocenters. The van der Waals surface area contributed by atoms with E-state index >= 15 is 0 Å². The van der Waals surface area contributed by atoms with Crippen LogP contribution in [0.5, 0.6) is 11.5 Å². The highest BCUT2D eigenvalue weighted by Crippen LogP contribution is 2.23. The number of aromatic hydroxyl groups is 2. The van der Waals surface area contributed by atoms with E-state index in [-0.39, 0.29) is 58.1 Å². The van der Waals surface area contributed by atoms with Crippen LogP contribution in [0.3, 0.4) is 0 Å². The minimum absolute atomic E-state index is 0. The summed E-state index contributed by atoms with van der Waals surface area (Å²) in [5.74, 6) is -0.178. The molecule has 0 radical (unpaired) electrons. The number of hydrogen-bond acceptors (Lipinski definition) is 13. The monoisotopic (exact) mass is 807 g/mol. The Morgan fingerprint density at radius 2 is 1.34 bits per heavy atom. The van der Waals surface area contributed by atoms with E-state index in [1.165, 1.54) is 43.5 Å². The predicted molar refractivity (Wildman–Crippen MR) is 195 cm³/mol. The second-order valence-electron chi connectivity index (χ2n) is 9.48. The Hall–Kier alpha value is -3.87. The van der Waals surface area contributed by atoms with E-state index in [0.29, 0.717) is 21.0 Å². The van der Waals surface area contributed by atoms with E-state index in [9.17, 15) is 31.5 Å². The Kier molecular flexibility index (Phi) is 21.0. The zero-order valence-electron chi connectivity index (χ0n) is 27.1. The van der Waals surface area contributed by atoms with Gasteiger partial charge in [0, 0.05) is 68.3 Å². The summed E-state index contributed by atoms with van der Waals surface area (Å²) in [5.41, 5.74) is 7.22. The Morgan fingerprint density at radius 1 is 0.840 bits per heavy atom. The van der Waals surface area contributed by atoms with Crippen LogP contribution in [0, 0.1) is 0 Å². The topological polar surface area (TPSA) is 229 Å². The van der Waals surface area contributed by atoms with Gasteiger partial charge in [0.1, 0.15) is 22.9 Å². The van der Waals surface area contributed by atoms with Gasteiger partial charge in [0.05, 0.1) is 16.3 Å². The lowest BCUT2D eigenvalue weighted by Crippen LogP contribution is -2.10. The van der Waals surface area contributed by atoms with Gasteiger partial charge in [0.25, 0.3) is 5.24 Å². The predicted octanol–water partition coefficient (Wildman–Crippen LogP) is 4.23. The Bertz CT molecular complexity index is 1970. The summed E-state index contributed by atoms with van der Waals surface area (Å²) in [6.45, 7) is 3.46. The maximum atomic E-state index is 12.4. The van der Waals surface area contributed by atoms with Gasteiger partial charge >= 0.3 is 11.6 Å². The quantitative estimate of drug-likeness (QED) is 0.0932. The van der Waals surface area contributed by atoms with Crippen molar-refractivity contribution < 1.29 is 45.1 Å². The number of anilines is 1. The minimum atomic E-state index is -3.44. The second kappa shape index (κ2) is 22.8. The number of nitrogens with zero attached hydrogens (tertiary/aromatic N) is 2. The maximum Gasteiger partial charge on any atom is 0.335 e. The van der Waals surface area contributed by atoms with E-state index in [1.54, 1.807) is 43.0 Å². The highest BCUT2D eigenvalue weighted by Gasteiger charge is 2.20. The number of nitrogen functional groups attached to an aromatic ring is 1. The smallest absolute Gasteiger partial charge is 0.335 e. The number of rotatable bonds is 9. The number of carbonyl (C=O) groups excluding carboxylic acids is 2. The number of halogens is 2. The lowest BCUT2D eigenvalue weighted by molar-refractivity contribution is 0.0985. The lowest BCUT2D eigenvalue weighted by atomic mass is 10.0. The molecule has 0 bridgehead atoms. The molecule has 2 heterocycles. The van der Waals surface area contributed by atoms with Gasteiger partial charge in [-0.25, -0.2) is 8.42 Å². The van der Waals surface area contributed by atoms with Crippen molar-refractivity contribution in [1.82, 2.24) is 9.97 Å². The fraction of sp³-hybridized carbons (Fsp3) is 0.226. The molecule has 0 fully saturated rings. The summed E-state index contributed by atoms with van der Waals surface area (Å²) < 4.78 is 61.9. The highest BCUT2D eigenvalue weighted by atomic mass is 35.5. The average Bonchev–Trinajstić information content (AvgIpc) is 3.07. The number of hydrogen-bond donors (Lipinski definition) is 3. The molecular weight excluding hydrogens is 774 g/mol. The minimum Gasteiger partial charge on any atom is -0.508 e. The summed E-state index contributed by atoms with van der Waals surface area (Å²) in [5, 5.41) is 18.0. The molecule has 0 amide bonds. The number of aryl methyl sites for hydroxylation is 1. The highest BCUT2D eigenvalue weighted by molar-refractivity contribution is 7.91. The van der Waals surface area contributed by atoms with Crippen molar-refractivity contribution in [2.24, 2.45) is 0 Å². The molecule has 2 aromatic carbocycles. The van der Waals surface area contributed by atoms with Crippen molar-refractivity contribution in [2.45, 2.75) is 41.4 Å². The molecule has 0 aliphatic heterocycles. The molecule has 19 heteroatoms. The van der Waals surface area contributed by atoms with Crippen molar-refractivity contribution >= 4 is 83.7 Å². The van der Waals surface area contributed by atoms with Crippen LogP contribution < -0.4 is 5.73 Å². The van der Waals surface area contributed by atoms with Crippen molar-refractivity contribution in [1.29, 1.82) is 0 Å². The number of carbonyl (C=O) groups is 2. The van der Waals surface area contributed by atoms with Crippen LogP contribution in [0.1, 0.15) is 46.0 Å². The van der Waals surface area contributed by atoms with Crippen LogP contribution in [0.4, 0.5) is 5.69 Å². The van der Waals surface area contributed by atoms with E-state index < -0.39 is 48.2 Å². The molecule has 0 spiro atoms. The van der Waals surface area contributed by atoms with E-state index in [4.69, 9.17) is 30.9 Å². The first-order valence-electron chi connectivity index (χ1n) is 13.9. The number of Topliss-reactive ketones (excluding diaryl/α,β-unsaturated/α-hetero) is 1. The molecule has 2 aromatic heterocycles. The van der Waals surface area contributed by atoms with E-state index in [1.807, 2.05) is 13.0 Å². The molecule has 0 saturated carbocycles. The van der Waals surface area contributed by atoms with Gasteiger partial charge in [0.15, 0.2) is 15.6 Å². The van der Waals surface area contributed by atoms with Gasteiger partial charge in [-0.05, 0) is 78.2 Å². The molecule has 4 rings (SSSR count). The van der Waals surface area contributed by atoms with Crippen LogP contribution >= 0.6 is 24.0 Å². The first kappa shape index (κ1) is 46.1. The number of phenols is 2.